The number of hydrogen-bond acceptors (Lipinski definition) is 5. The van der Waals surface area contributed by atoms with Crippen molar-refractivity contribution in [2.75, 3.05) is 11.9 Å². The SMILES string of the molecule is O=C(Nc1cncc(C(F)(F)F)c1)c1csc2c1CCN(C(=O)c1cnn3ccccc13)C2. The molecule has 0 fully saturated rings. The van der Waals surface area contributed by atoms with Crippen LogP contribution < -0.4 is 5.32 Å². The van der Waals surface area contributed by atoms with E-state index in [0.717, 1.165) is 16.5 Å². The minimum atomic E-state index is -4.55. The van der Waals surface area contributed by atoms with E-state index in [9.17, 15) is 22.8 Å². The largest absolute Gasteiger partial charge is 0.417 e. The van der Waals surface area contributed by atoms with Gasteiger partial charge in [0.25, 0.3) is 11.8 Å². The van der Waals surface area contributed by atoms with Gasteiger partial charge in [-0.25, -0.2) is 4.52 Å². The first-order valence-electron chi connectivity index (χ1n) is 9.96. The van der Waals surface area contributed by atoms with E-state index in [4.69, 9.17) is 0 Å². The van der Waals surface area contributed by atoms with E-state index in [-0.39, 0.29) is 11.6 Å². The summed E-state index contributed by atoms with van der Waals surface area (Å²) in [6, 6.07) is 6.34. The van der Waals surface area contributed by atoms with Gasteiger partial charge in [0.15, 0.2) is 0 Å². The summed E-state index contributed by atoms with van der Waals surface area (Å²) < 4.78 is 40.4. The fraction of sp³-hybridized carbons (Fsp3) is 0.182. The molecule has 1 aliphatic heterocycles. The normalized spacial score (nSPS) is 13.7. The molecule has 168 valence electrons. The van der Waals surface area contributed by atoms with Gasteiger partial charge in [0.05, 0.1) is 46.8 Å². The maximum absolute atomic E-state index is 13.1. The second-order valence-electron chi connectivity index (χ2n) is 7.53. The van der Waals surface area contributed by atoms with Gasteiger partial charge < -0.3 is 10.2 Å². The molecule has 5 rings (SSSR count). The quantitative estimate of drug-likeness (QED) is 0.484. The van der Waals surface area contributed by atoms with Crippen LogP contribution >= 0.6 is 11.3 Å². The molecule has 0 aromatic carbocycles. The predicted octanol–water partition coefficient (Wildman–Crippen LogP) is 4.26. The number of carbonyl (C=O) groups is 2. The topological polar surface area (TPSA) is 79.6 Å². The fourth-order valence-corrected chi connectivity index (χ4v) is 4.92. The van der Waals surface area contributed by atoms with E-state index in [0.29, 0.717) is 42.4 Å². The number of pyridine rings is 2. The molecule has 0 radical (unpaired) electrons. The first-order chi connectivity index (χ1) is 15.8. The van der Waals surface area contributed by atoms with Crippen LogP contribution in [-0.4, -0.2) is 37.9 Å². The first-order valence-corrected chi connectivity index (χ1v) is 10.8. The number of thiophene rings is 1. The predicted molar refractivity (Wildman–Crippen MR) is 115 cm³/mol. The number of aromatic nitrogens is 3. The van der Waals surface area contributed by atoms with Crippen LogP contribution in [0.25, 0.3) is 5.52 Å². The average Bonchev–Trinajstić information content (AvgIpc) is 3.42. The Morgan fingerprint density at radius 3 is 2.79 bits per heavy atom. The summed E-state index contributed by atoms with van der Waals surface area (Å²) in [4.78, 5) is 32.0. The molecule has 1 aliphatic rings. The van der Waals surface area contributed by atoms with E-state index in [2.05, 4.69) is 15.4 Å². The summed E-state index contributed by atoms with van der Waals surface area (Å²) in [6.45, 7) is 0.763. The van der Waals surface area contributed by atoms with E-state index in [1.807, 2.05) is 18.2 Å². The van der Waals surface area contributed by atoms with Crippen LogP contribution in [-0.2, 0) is 19.1 Å². The van der Waals surface area contributed by atoms with Crippen molar-refractivity contribution < 1.29 is 22.8 Å². The first kappa shape index (κ1) is 21.1. The van der Waals surface area contributed by atoms with Gasteiger partial charge >= 0.3 is 6.18 Å². The highest BCUT2D eigenvalue weighted by molar-refractivity contribution is 7.10. The Labute approximate surface area is 189 Å². The third kappa shape index (κ3) is 3.95. The van der Waals surface area contributed by atoms with Crippen molar-refractivity contribution in [3.05, 3.63) is 81.6 Å². The zero-order valence-corrected chi connectivity index (χ0v) is 17.8. The van der Waals surface area contributed by atoms with Crippen LogP contribution in [0.5, 0.6) is 0 Å². The van der Waals surface area contributed by atoms with Crippen molar-refractivity contribution in [3.8, 4) is 0 Å². The molecule has 4 aromatic heterocycles. The summed E-state index contributed by atoms with van der Waals surface area (Å²) in [6.07, 6.45) is 1.11. The minimum absolute atomic E-state index is 0.0320. The Morgan fingerprint density at radius 2 is 1.97 bits per heavy atom. The van der Waals surface area contributed by atoms with Gasteiger partial charge in [-0.1, -0.05) is 6.07 Å². The van der Waals surface area contributed by atoms with Crippen LogP contribution in [0, 0.1) is 0 Å². The van der Waals surface area contributed by atoms with Crippen molar-refractivity contribution in [1.29, 1.82) is 0 Å². The molecule has 33 heavy (non-hydrogen) atoms. The zero-order valence-electron chi connectivity index (χ0n) is 17.0. The van der Waals surface area contributed by atoms with Crippen molar-refractivity contribution >= 4 is 34.4 Å². The lowest BCUT2D eigenvalue weighted by Gasteiger charge is -2.27. The van der Waals surface area contributed by atoms with Crippen LogP contribution in [0.1, 0.15) is 36.7 Å². The molecule has 0 spiro atoms. The number of hydrogen-bond donors (Lipinski definition) is 1. The van der Waals surface area contributed by atoms with Gasteiger partial charge in [-0.2, -0.15) is 18.3 Å². The highest BCUT2D eigenvalue weighted by Gasteiger charge is 2.32. The molecule has 11 heteroatoms. The lowest BCUT2D eigenvalue weighted by Crippen LogP contribution is -2.35. The summed E-state index contributed by atoms with van der Waals surface area (Å²) in [5.74, 6) is -0.646. The number of nitrogens with one attached hydrogen (secondary N) is 1. The minimum Gasteiger partial charge on any atom is -0.333 e. The highest BCUT2D eigenvalue weighted by atomic mass is 32.1. The molecule has 4 aromatic rings. The van der Waals surface area contributed by atoms with Crippen LogP contribution in [0.3, 0.4) is 0 Å². The van der Waals surface area contributed by atoms with Crippen LogP contribution in [0.15, 0.2) is 54.4 Å². The van der Waals surface area contributed by atoms with Crippen molar-refractivity contribution in [2.45, 2.75) is 19.1 Å². The van der Waals surface area contributed by atoms with E-state index < -0.39 is 17.6 Å². The van der Waals surface area contributed by atoms with E-state index in [1.54, 1.807) is 27.2 Å². The van der Waals surface area contributed by atoms with Gasteiger partial charge in [-0.15, -0.1) is 11.3 Å². The number of anilines is 1. The summed E-state index contributed by atoms with van der Waals surface area (Å²) in [5, 5.41) is 8.38. The number of alkyl halides is 3. The molecule has 1 N–H and O–H groups in total. The molecular weight excluding hydrogens is 455 g/mol. The Hall–Kier alpha value is -3.73. The maximum Gasteiger partial charge on any atom is 0.417 e. The van der Waals surface area contributed by atoms with Gasteiger partial charge in [-0.05, 0) is 30.2 Å². The highest BCUT2D eigenvalue weighted by Crippen LogP contribution is 2.32. The molecule has 0 bridgehead atoms. The average molecular weight is 471 g/mol. The van der Waals surface area contributed by atoms with E-state index in [1.165, 1.54) is 17.5 Å². The lowest BCUT2D eigenvalue weighted by molar-refractivity contribution is -0.137. The Morgan fingerprint density at radius 1 is 1.12 bits per heavy atom. The van der Waals surface area contributed by atoms with Gasteiger partial charge in [-0.3, -0.25) is 14.6 Å². The Bertz CT molecular complexity index is 1380. The summed E-state index contributed by atoms with van der Waals surface area (Å²) in [7, 11) is 0. The second-order valence-corrected chi connectivity index (χ2v) is 8.49. The van der Waals surface area contributed by atoms with Gasteiger partial charge in [0, 0.05) is 29.2 Å². The van der Waals surface area contributed by atoms with Crippen molar-refractivity contribution in [3.63, 3.8) is 0 Å². The molecule has 5 heterocycles. The van der Waals surface area contributed by atoms with Crippen LogP contribution in [0.4, 0.5) is 18.9 Å². The fourth-order valence-electron chi connectivity index (χ4n) is 3.82. The molecule has 0 atom stereocenters. The molecular formula is C22H16F3N5O2S. The summed E-state index contributed by atoms with van der Waals surface area (Å²) >= 11 is 1.35. The van der Waals surface area contributed by atoms with Crippen LogP contribution in [0.2, 0.25) is 0 Å². The van der Waals surface area contributed by atoms with Crippen molar-refractivity contribution in [2.24, 2.45) is 0 Å². The summed E-state index contributed by atoms with van der Waals surface area (Å²) in [5.41, 5.74) is 1.46. The monoisotopic (exact) mass is 471 g/mol. The molecule has 0 saturated carbocycles. The zero-order chi connectivity index (χ0) is 23.2. The molecule has 0 aliphatic carbocycles. The number of rotatable bonds is 3. The number of halogens is 3. The maximum atomic E-state index is 13.1. The second kappa shape index (κ2) is 8.00. The molecule has 0 saturated heterocycles. The molecule has 7 nitrogen and oxygen atoms in total. The van der Waals surface area contributed by atoms with Gasteiger partial charge in [0.2, 0.25) is 0 Å². The standard InChI is InChI=1S/C22H16F3N5O2S/c23-22(24,25)13-7-14(9-26-8-13)28-20(31)17-12-33-19-11-29(6-4-15(17)19)21(32)16-10-27-30-5-2-1-3-18(16)30/h1-3,5,7-10,12H,4,6,11H2,(H,28,31). The van der Waals surface area contributed by atoms with Gasteiger partial charge in [0.1, 0.15) is 0 Å². The smallest absolute Gasteiger partial charge is 0.333 e. The number of fused-ring (bicyclic) bond motifs is 2. The van der Waals surface area contributed by atoms with Crippen molar-refractivity contribution in [1.82, 2.24) is 19.5 Å². The number of amides is 2. The number of nitrogens with zero attached hydrogens (tertiary/aromatic N) is 4. The van der Waals surface area contributed by atoms with E-state index >= 15 is 0 Å². The molecule has 0 unspecified atom stereocenters. The number of carbonyl (C=O) groups excluding carboxylic acids is 2. The third-order valence-corrected chi connectivity index (χ3v) is 6.47. The molecule has 2 amide bonds. The third-order valence-electron chi connectivity index (χ3n) is 5.46. The Kier molecular flexibility index (Phi) is 5.12. The Balaban J connectivity index is 1.33. The lowest BCUT2D eigenvalue weighted by atomic mass is 10.0.